The van der Waals surface area contributed by atoms with Crippen LogP contribution in [0.4, 0.5) is 11.5 Å². The summed E-state index contributed by atoms with van der Waals surface area (Å²) in [6.45, 7) is 5.32. The normalized spacial score (nSPS) is 17.6. The van der Waals surface area contributed by atoms with E-state index in [1.165, 1.54) is 12.4 Å². The molecule has 3 aromatic rings. The summed E-state index contributed by atoms with van der Waals surface area (Å²) in [6.07, 6.45) is 4.62. The van der Waals surface area contributed by atoms with Crippen LogP contribution in [0.3, 0.4) is 0 Å². The molecule has 8 nitrogen and oxygen atoms in total. The summed E-state index contributed by atoms with van der Waals surface area (Å²) in [5.41, 5.74) is 2.58. The minimum Gasteiger partial charge on any atom is -0.460 e. The SMILES string of the molecule is C[C@H]1CN(C/C=C/C(=O)Nc2ccc3ncnc(N[C@H](C)c4ccccc4)c3c2)CC(=O)O1. The van der Waals surface area contributed by atoms with Crippen molar-refractivity contribution in [2.75, 3.05) is 30.3 Å². The Hall–Kier alpha value is -3.78. The number of amides is 1. The lowest BCUT2D eigenvalue weighted by atomic mass is 10.1. The maximum absolute atomic E-state index is 12.4. The minimum absolute atomic E-state index is 0.0558. The summed E-state index contributed by atoms with van der Waals surface area (Å²) in [5, 5.41) is 7.14. The van der Waals surface area contributed by atoms with Gasteiger partial charge in [0, 0.05) is 36.3 Å². The zero-order valence-electron chi connectivity index (χ0n) is 18.7. The van der Waals surface area contributed by atoms with Crippen molar-refractivity contribution >= 4 is 34.3 Å². The van der Waals surface area contributed by atoms with E-state index in [-0.39, 0.29) is 30.6 Å². The largest absolute Gasteiger partial charge is 0.460 e. The van der Waals surface area contributed by atoms with Crippen molar-refractivity contribution in [2.45, 2.75) is 26.0 Å². The topological polar surface area (TPSA) is 96.5 Å². The predicted octanol–water partition coefficient (Wildman–Crippen LogP) is 3.54. The van der Waals surface area contributed by atoms with Crippen LogP contribution in [0.1, 0.15) is 25.5 Å². The first-order valence-corrected chi connectivity index (χ1v) is 10.9. The van der Waals surface area contributed by atoms with E-state index >= 15 is 0 Å². The fourth-order valence-corrected chi connectivity index (χ4v) is 3.82. The molecule has 1 amide bonds. The molecule has 0 spiro atoms. The highest BCUT2D eigenvalue weighted by molar-refractivity contribution is 6.01. The number of nitrogens with zero attached hydrogens (tertiary/aromatic N) is 3. The molecule has 1 aliphatic rings. The third-order valence-electron chi connectivity index (χ3n) is 5.39. The molecule has 0 radical (unpaired) electrons. The lowest BCUT2D eigenvalue weighted by Crippen LogP contribution is -2.44. The molecular weight excluding hydrogens is 418 g/mol. The van der Waals surface area contributed by atoms with Crippen molar-refractivity contribution in [1.29, 1.82) is 0 Å². The quantitative estimate of drug-likeness (QED) is 0.424. The number of aromatic nitrogens is 2. The molecule has 0 saturated carbocycles. The Morgan fingerprint density at radius 3 is 2.85 bits per heavy atom. The molecule has 0 unspecified atom stereocenters. The number of nitrogens with one attached hydrogen (secondary N) is 2. The van der Waals surface area contributed by atoms with Crippen LogP contribution in [-0.2, 0) is 14.3 Å². The molecule has 4 rings (SSSR count). The fourth-order valence-electron chi connectivity index (χ4n) is 3.82. The molecule has 170 valence electrons. The van der Waals surface area contributed by atoms with Crippen LogP contribution >= 0.6 is 0 Å². The lowest BCUT2D eigenvalue weighted by molar-refractivity contribution is -0.156. The number of rotatable bonds is 7. The maximum atomic E-state index is 12.4. The number of ether oxygens (including phenoxy) is 1. The van der Waals surface area contributed by atoms with E-state index in [1.807, 2.05) is 48.2 Å². The Bertz CT molecular complexity index is 1170. The number of benzene rings is 2. The molecule has 2 heterocycles. The number of carbonyl (C=O) groups excluding carboxylic acids is 2. The molecule has 2 aromatic carbocycles. The lowest BCUT2D eigenvalue weighted by Gasteiger charge is -2.29. The van der Waals surface area contributed by atoms with Crippen molar-refractivity contribution in [3.63, 3.8) is 0 Å². The van der Waals surface area contributed by atoms with E-state index in [2.05, 4.69) is 39.7 Å². The number of hydrogen-bond donors (Lipinski definition) is 2. The van der Waals surface area contributed by atoms with Crippen LogP contribution in [0.25, 0.3) is 10.9 Å². The van der Waals surface area contributed by atoms with E-state index in [4.69, 9.17) is 4.74 Å². The molecular formula is C25H27N5O3. The molecule has 0 bridgehead atoms. The number of cyclic esters (lactones) is 1. The molecule has 1 aromatic heterocycles. The third kappa shape index (κ3) is 5.93. The first kappa shape index (κ1) is 22.4. The summed E-state index contributed by atoms with van der Waals surface area (Å²) in [4.78, 5) is 34.6. The van der Waals surface area contributed by atoms with Crippen molar-refractivity contribution in [3.05, 3.63) is 72.6 Å². The number of hydrogen-bond acceptors (Lipinski definition) is 7. The van der Waals surface area contributed by atoms with Gasteiger partial charge in [0.1, 0.15) is 18.2 Å². The van der Waals surface area contributed by atoms with E-state index < -0.39 is 0 Å². The number of carbonyl (C=O) groups is 2. The zero-order valence-corrected chi connectivity index (χ0v) is 18.7. The number of esters is 1. The molecule has 1 saturated heterocycles. The molecule has 1 fully saturated rings. The van der Waals surface area contributed by atoms with Gasteiger partial charge in [-0.1, -0.05) is 36.4 Å². The van der Waals surface area contributed by atoms with Gasteiger partial charge < -0.3 is 15.4 Å². The van der Waals surface area contributed by atoms with Crippen molar-refractivity contribution in [2.24, 2.45) is 0 Å². The van der Waals surface area contributed by atoms with Crippen LogP contribution in [-0.4, -0.2) is 52.5 Å². The first-order chi connectivity index (χ1) is 16.0. The highest BCUT2D eigenvalue weighted by Gasteiger charge is 2.22. The van der Waals surface area contributed by atoms with Crippen LogP contribution in [0.5, 0.6) is 0 Å². The Morgan fingerprint density at radius 1 is 1.24 bits per heavy atom. The average molecular weight is 446 g/mol. The zero-order chi connectivity index (χ0) is 23.2. The van der Waals surface area contributed by atoms with Crippen LogP contribution in [0, 0.1) is 0 Å². The van der Waals surface area contributed by atoms with Gasteiger partial charge in [0.15, 0.2) is 0 Å². The Kier molecular flexibility index (Phi) is 6.95. The second-order valence-electron chi connectivity index (χ2n) is 8.12. The highest BCUT2D eigenvalue weighted by Crippen LogP contribution is 2.26. The molecule has 1 aliphatic heterocycles. The van der Waals surface area contributed by atoms with E-state index in [0.29, 0.717) is 24.6 Å². The van der Waals surface area contributed by atoms with Gasteiger partial charge in [-0.2, -0.15) is 0 Å². The Morgan fingerprint density at radius 2 is 2.06 bits per heavy atom. The van der Waals surface area contributed by atoms with E-state index in [1.54, 1.807) is 6.08 Å². The molecule has 0 aliphatic carbocycles. The second kappa shape index (κ2) is 10.2. The molecule has 33 heavy (non-hydrogen) atoms. The van der Waals surface area contributed by atoms with Gasteiger partial charge in [0.2, 0.25) is 5.91 Å². The number of fused-ring (bicyclic) bond motifs is 1. The summed E-state index contributed by atoms with van der Waals surface area (Å²) < 4.78 is 5.12. The summed E-state index contributed by atoms with van der Waals surface area (Å²) >= 11 is 0. The Balaban J connectivity index is 1.42. The monoisotopic (exact) mass is 445 g/mol. The highest BCUT2D eigenvalue weighted by atomic mass is 16.5. The third-order valence-corrected chi connectivity index (χ3v) is 5.39. The van der Waals surface area contributed by atoms with Gasteiger partial charge in [-0.3, -0.25) is 14.5 Å². The molecule has 2 atom stereocenters. The van der Waals surface area contributed by atoms with Gasteiger partial charge in [0.05, 0.1) is 12.1 Å². The number of morpholine rings is 1. The van der Waals surface area contributed by atoms with Gasteiger partial charge in [-0.05, 0) is 37.6 Å². The van der Waals surface area contributed by atoms with Crippen LogP contribution < -0.4 is 10.6 Å². The fraction of sp³-hybridized carbons (Fsp3) is 0.280. The molecule has 8 heteroatoms. The average Bonchev–Trinajstić information content (AvgIpc) is 2.79. The van der Waals surface area contributed by atoms with Gasteiger partial charge in [0.25, 0.3) is 0 Å². The van der Waals surface area contributed by atoms with E-state index in [0.717, 1.165) is 16.5 Å². The van der Waals surface area contributed by atoms with Gasteiger partial charge >= 0.3 is 5.97 Å². The van der Waals surface area contributed by atoms with Crippen LogP contribution in [0.2, 0.25) is 0 Å². The van der Waals surface area contributed by atoms with Crippen molar-refractivity contribution < 1.29 is 14.3 Å². The summed E-state index contributed by atoms with van der Waals surface area (Å²) in [5.74, 6) is 0.219. The number of anilines is 2. The Labute approximate surface area is 192 Å². The van der Waals surface area contributed by atoms with Crippen LogP contribution in [0.15, 0.2) is 67.0 Å². The predicted molar refractivity (Wildman–Crippen MR) is 128 cm³/mol. The standard InChI is InChI=1S/C25H27N5O3/c1-17-14-30(15-24(32)33-17)12-6-9-23(31)29-20-10-11-22-21(13-20)25(27-16-26-22)28-18(2)19-7-4-3-5-8-19/h3-11,13,16-18H,12,14-15H2,1-2H3,(H,29,31)(H,26,27,28)/b9-6+/t17-,18+/m0/s1. The maximum Gasteiger partial charge on any atom is 0.320 e. The summed E-state index contributed by atoms with van der Waals surface area (Å²) in [7, 11) is 0. The second-order valence-corrected chi connectivity index (χ2v) is 8.12. The summed E-state index contributed by atoms with van der Waals surface area (Å²) in [6, 6.07) is 15.7. The first-order valence-electron chi connectivity index (χ1n) is 10.9. The smallest absolute Gasteiger partial charge is 0.320 e. The molecule has 2 N–H and O–H groups in total. The van der Waals surface area contributed by atoms with Gasteiger partial charge in [-0.25, -0.2) is 9.97 Å². The van der Waals surface area contributed by atoms with Crippen molar-refractivity contribution in [3.8, 4) is 0 Å². The van der Waals surface area contributed by atoms with E-state index in [9.17, 15) is 9.59 Å². The van der Waals surface area contributed by atoms with Crippen molar-refractivity contribution in [1.82, 2.24) is 14.9 Å². The van der Waals surface area contributed by atoms with Gasteiger partial charge in [-0.15, -0.1) is 0 Å². The minimum atomic E-state index is -0.244.